The molecule has 0 saturated heterocycles. The second-order valence-electron chi connectivity index (χ2n) is 3.20. The van der Waals surface area contributed by atoms with Crippen LogP contribution in [0.25, 0.3) is 0 Å². The molecule has 3 nitrogen and oxygen atoms in total. The molecule has 0 radical (unpaired) electrons. The van der Waals surface area contributed by atoms with Crippen LogP contribution in [0, 0.1) is 5.41 Å². The summed E-state index contributed by atoms with van der Waals surface area (Å²) < 4.78 is 0.824. The van der Waals surface area contributed by atoms with Gasteiger partial charge in [-0.2, -0.15) is 0 Å². The van der Waals surface area contributed by atoms with E-state index < -0.39 is 0 Å². The van der Waals surface area contributed by atoms with Gasteiger partial charge < -0.3 is 10.2 Å². The van der Waals surface area contributed by atoms with E-state index in [1.54, 1.807) is 0 Å². The molecular weight excluding hydrogens is 146 g/mol. The Bertz CT molecular complexity index is 127. The zero-order valence-electron chi connectivity index (χ0n) is 7.01. The first-order valence-electron chi connectivity index (χ1n) is 3.16. The molecule has 0 aromatic heterocycles. The molecule has 10 heavy (non-hydrogen) atoms. The van der Waals surface area contributed by atoms with Gasteiger partial charge in [0.2, 0.25) is 0 Å². The first kappa shape index (κ1) is 9.78. The van der Waals surface area contributed by atoms with Gasteiger partial charge in [0.05, 0.1) is 21.1 Å². The fourth-order valence-electron chi connectivity index (χ4n) is 0.342. The summed E-state index contributed by atoms with van der Waals surface area (Å²) in [4.78, 5) is 0. The summed E-state index contributed by atoms with van der Waals surface area (Å²) >= 11 is 1.39. The summed E-state index contributed by atoms with van der Waals surface area (Å²) in [5.41, 5.74) is 5.23. The molecule has 0 fully saturated rings. The molecule has 1 atom stereocenters. The van der Waals surface area contributed by atoms with Crippen LogP contribution in [0.4, 0.5) is 0 Å². The van der Waals surface area contributed by atoms with Crippen molar-refractivity contribution in [1.82, 2.24) is 0 Å². The molecule has 0 aromatic rings. The quantitative estimate of drug-likeness (QED) is 0.271. The maximum atomic E-state index is 7.04. The second kappa shape index (κ2) is 3.25. The maximum absolute atomic E-state index is 7.04. The minimum Gasteiger partial charge on any atom is -0.379 e. The molecule has 0 aliphatic carbocycles. The van der Waals surface area contributed by atoms with E-state index in [1.165, 1.54) is 11.8 Å². The topological polar surface area (TPSA) is 49.9 Å². The second-order valence-corrected chi connectivity index (χ2v) is 4.56. The van der Waals surface area contributed by atoms with Gasteiger partial charge in [-0.25, -0.2) is 0 Å². The Morgan fingerprint density at radius 2 is 1.90 bits per heavy atom. The Hall–Kier alpha value is -0.220. The van der Waals surface area contributed by atoms with Gasteiger partial charge in [0.1, 0.15) is 5.37 Å². The number of quaternary nitrogens is 1. The van der Waals surface area contributed by atoms with E-state index >= 15 is 0 Å². The predicted octanol–water partition coefficient (Wildman–Crippen LogP) is 0.665. The van der Waals surface area contributed by atoms with Gasteiger partial charge in [-0.1, -0.05) is 0 Å². The van der Waals surface area contributed by atoms with Gasteiger partial charge in [-0.3, -0.25) is 5.41 Å². The number of rotatable bonds is 2. The molecule has 4 heteroatoms. The summed E-state index contributed by atoms with van der Waals surface area (Å²) in [6, 6.07) is 0. The van der Waals surface area contributed by atoms with E-state index in [4.69, 9.17) is 11.1 Å². The lowest BCUT2D eigenvalue weighted by molar-refractivity contribution is -0.878. The normalized spacial score (nSPS) is 14.8. The monoisotopic (exact) mass is 162 g/mol. The van der Waals surface area contributed by atoms with E-state index in [9.17, 15) is 0 Å². The van der Waals surface area contributed by atoms with Gasteiger partial charge in [0.25, 0.3) is 0 Å². The van der Waals surface area contributed by atoms with Gasteiger partial charge in [0.15, 0.2) is 5.17 Å². The first-order chi connectivity index (χ1) is 4.34. The highest BCUT2D eigenvalue weighted by Crippen LogP contribution is 2.15. The number of hydrogen-bond donors (Lipinski definition) is 2. The van der Waals surface area contributed by atoms with E-state index in [0.29, 0.717) is 5.37 Å². The minimum absolute atomic E-state index is 0.195. The largest absolute Gasteiger partial charge is 0.379 e. The lowest BCUT2D eigenvalue weighted by atomic mass is 10.6. The standard InChI is InChI=1S/C6H16N3S/c1-5(9(2,3)4)10-6(7)8/h5H,1-4H3,(H3,7,8)/q+1. The zero-order valence-corrected chi connectivity index (χ0v) is 7.83. The van der Waals surface area contributed by atoms with Crippen LogP contribution in [0.15, 0.2) is 0 Å². The van der Waals surface area contributed by atoms with Gasteiger partial charge in [-0.15, -0.1) is 0 Å². The van der Waals surface area contributed by atoms with Crippen molar-refractivity contribution in [2.45, 2.75) is 12.3 Å². The molecule has 0 aliphatic heterocycles. The lowest BCUT2D eigenvalue weighted by Gasteiger charge is -2.30. The Kier molecular flexibility index (Phi) is 3.18. The Balaban J connectivity index is 3.85. The summed E-state index contributed by atoms with van der Waals surface area (Å²) in [7, 11) is 6.25. The van der Waals surface area contributed by atoms with Crippen molar-refractivity contribution >= 4 is 16.9 Å². The molecular formula is C6H16N3S+. The number of hydrogen-bond acceptors (Lipinski definition) is 2. The van der Waals surface area contributed by atoms with Crippen molar-refractivity contribution in [2.24, 2.45) is 5.73 Å². The van der Waals surface area contributed by atoms with E-state index in [0.717, 1.165) is 4.48 Å². The van der Waals surface area contributed by atoms with Gasteiger partial charge in [-0.05, 0) is 18.7 Å². The highest BCUT2D eigenvalue weighted by atomic mass is 32.2. The molecule has 0 aromatic carbocycles. The minimum atomic E-state index is 0.195. The highest BCUT2D eigenvalue weighted by Gasteiger charge is 2.19. The third-order valence-electron chi connectivity index (χ3n) is 1.39. The van der Waals surface area contributed by atoms with Crippen molar-refractivity contribution in [1.29, 1.82) is 5.41 Å². The van der Waals surface area contributed by atoms with Crippen molar-refractivity contribution in [3.8, 4) is 0 Å². The molecule has 0 rings (SSSR count). The molecule has 0 bridgehead atoms. The predicted molar refractivity (Wildman–Crippen MR) is 47.0 cm³/mol. The third-order valence-corrected chi connectivity index (χ3v) is 2.62. The first-order valence-corrected chi connectivity index (χ1v) is 4.04. The van der Waals surface area contributed by atoms with Crippen LogP contribution >= 0.6 is 11.8 Å². The molecule has 3 N–H and O–H groups in total. The van der Waals surface area contributed by atoms with Crippen molar-refractivity contribution in [3.05, 3.63) is 0 Å². The molecule has 0 saturated carbocycles. The Morgan fingerprint density at radius 3 is 2.00 bits per heavy atom. The summed E-state index contributed by atoms with van der Waals surface area (Å²) in [6.07, 6.45) is 0. The summed E-state index contributed by atoms with van der Waals surface area (Å²) in [6.45, 7) is 2.06. The van der Waals surface area contributed by atoms with Crippen LogP contribution in [-0.4, -0.2) is 36.2 Å². The van der Waals surface area contributed by atoms with Crippen LogP contribution < -0.4 is 5.73 Å². The third kappa shape index (κ3) is 3.74. The highest BCUT2D eigenvalue weighted by molar-refractivity contribution is 8.14. The average Bonchev–Trinajstić information content (AvgIpc) is 1.60. The zero-order chi connectivity index (χ0) is 8.36. The molecule has 0 amide bonds. The average molecular weight is 162 g/mol. The van der Waals surface area contributed by atoms with Crippen LogP contribution in [0.2, 0.25) is 0 Å². The summed E-state index contributed by atoms with van der Waals surface area (Å²) in [5, 5.41) is 7.58. The van der Waals surface area contributed by atoms with Crippen LogP contribution in [0.1, 0.15) is 6.92 Å². The van der Waals surface area contributed by atoms with Crippen LogP contribution in [0.3, 0.4) is 0 Å². The summed E-state index contributed by atoms with van der Waals surface area (Å²) in [5.74, 6) is 0. The lowest BCUT2D eigenvalue weighted by Crippen LogP contribution is -2.42. The Labute approximate surface area is 66.7 Å². The van der Waals surface area contributed by atoms with Gasteiger partial charge >= 0.3 is 0 Å². The van der Waals surface area contributed by atoms with E-state index in [1.807, 2.05) is 0 Å². The number of thioether (sulfide) groups is 1. The number of nitrogens with two attached hydrogens (primary N) is 1. The SMILES string of the molecule is CC(SC(=N)N)[N+](C)(C)C. The molecule has 60 valence electrons. The molecule has 0 spiro atoms. The van der Waals surface area contributed by atoms with Crippen molar-refractivity contribution in [2.75, 3.05) is 21.1 Å². The van der Waals surface area contributed by atoms with Crippen molar-refractivity contribution in [3.63, 3.8) is 0 Å². The number of amidine groups is 1. The molecule has 0 heterocycles. The van der Waals surface area contributed by atoms with E-state index in [2.05, 4.69) is 28.1 Å². The smallest absolute Gasteiger partial charge is 0.156 e. The number of nitrogens with one attached hydrogen (secondary N) is 1. The Morgan fingerprint density at radius 1 is 1.50 bits per heavy atom. The van der Waals surface area contributed by atoms with Gasteiger partial charge in [0, 0.05) is 0 Å². The van der Waals surface area contributed by atoms with E-state index in [-0.39, 0.29) is 5.17 Å². The van der Waals surface area contributed by atoms with Crippen LogP contribution in [0.5, 0.6) is 0 Å². The number of nitrogens with zero attached hydrogens (tertiary/aromatic N) is 1. The fraction of sp³-hybridized carbons (Fsp3) is 0.833. The van der Waals surface area contributed by atoms with Crippen LogP contribution in [-0.2, 0) is 0 Å². The maximum Gasteiger partial charge on any atom is 0.156 e. The van der Waals surface area contributed by atoms with Crippen molar-refractivity contribution < 1.29 is 4.48 Å². The fourth-order valence-corrected chi connectivity index (χ4v) is 1.03. The molecule has 0 aliphatic rings. The molecule has 1 unspecified atom stereocenters.